The van der Waals surface area contributed by atoms with Gasteiger partial charge in [0.2, 0.25) is 0 Å². The van der Waals surface area contributed by atoms with Crippen molar-refractivity contribution in [3.8, 4) is 0 Å². The Bertz CT molecular complexity index is 338. The monoisotopic (exact) mass is 251 g/mol. The summed E-state index contributed by atoms with van der Waals surface area (Å²) in [5, 5.41) is 1.10. The lowest BCUT2D eigenvalue weighted by molar-refractivity contribution is 0.408. The first-order valence-corrected chi connectivity index (χ1v) is 7.19. The van der Waals surface area contributed by atoms with Crippen molar-refractivity contribution in [2.75, 3.05) is 19.8 Å². The van der Waals surface area contributed by atoms with Crippen LogP contribution >= 0.6 is 11.8 Å². The highest BCUT2D eigenvalue weighted by molar-refractivity contribution is 8.13. The van der Waals surface area contributed by atoms with Gasteiger partial charge in [0.15, 0.2) is 5.17 Å². The number of amidine groups is 1. The maximum Gasteiger partial charge on any atom is 0.158 e. The highest BCUT2D eigenvalue weighted by Crippen LogP contribution is 2.11. The molecular formula is C13H21N3S. The second-order valence-electron chi connectivity index (χ2n) is 3.85. The number of thioether (sulfide) groups is 1. The van der Waals surface area contributed by atoms with Gasteiger partial charge < -0.3 is 4.90 Å². The Morgan fingerprint density at radius 1 is 1.53 bits per heavy atom. The normalized spacial score (nSPS) is 11.6. The molecule has 17 heavy (non-hydrogen) atoms. The van der Waals surface area contributed by atoms with E-state index in [1.807, 2.05) is 25.5 Å². The maximum atomic E-state index is 4.34. The van der Waals surface area contributed by atoms with Crippen LogP contribution in [0.5, 0.6) is 0 Å². The van der Waals surface area contributed by atoms with E-state index >= 15 is 0 Å². The van der Waals surface area contributed by atoms with Crippen molar-refractivity contribution in [3.05, 3.63) is 30.1 Å². The summed E-state index contributed by atoms with van der Waals surface area (Å²) in [7, 11) is 1.86. The molecule has 1 aromatic heterocycles. The number of rotatable bonds is 5. The third kappa shape index (κ3) is 4.77. The molecule has 4 heteroatoms. The fraction of sp³-hybridized carbons (Fsp3) is 0.538. The first kappa shape index (κ1) is 14.0. The molecule has 0 saturated carbocycles. The standard InChI is InChI=1S/C13H21N3S/c1-4-5-9-16(13(14-2)17-3)11-12-7-6-8-15-10-12/h6-8,10H,4-5,9,11H2,1-3H3. The van der Waals surface area contributed by atoms with Gasteiger partial charge >= 0.3 is 0 Å². The van der Waals surface area contributed by atoms with Crippen LogP contribution in [-0.2, 0) is 6.54 Å². The molecule has 3 nitrogen and oxygen atoms in total. The van der Waals surface area contributed by atoms with Crippen LogP contribution in [0.1, 0.15) is 25.3 Å². The van der Waals surface area contributed by atoms with E-state index in [-0.39, 0.29) is 0 Å². The van der Waals surface area contributed by atoms with E-state index in [1.54, 1.807) is 11.8 Å². The lowest BCUT2D eigenvalue weighted by Crippen LogP contribution is -2.29. The number of nitrogens with zero attached hydrogens (tertiary/aromatic N) is 3. The molecule has 1 heterocycles. The van der Waals surface area contributed by atoms with Crippen molar-refractivity contribution in [1.82, 2.24) is 9.88 Å². The first-order chi connectivity index (χ1) is 8.31. The Kier molecular flexibility index (Phi) is 6.70. The van der Waals surface area contributed by atoms with Gasteiger partial charge in [-0.1, -0.05) is 31.2 Å². The van der Waals surface area contributed by atoms with Crippen LogP contribution in [-0.4, -0.2) is 34.9 Å². The lowest BCUT2D eigenvalue weighted by atomic mass is 10.2. The molecule has 1 aromatic rings. The SMILES string of the molecule is CCCCN(Cc1cccnc1)C(=NC)SC. The molecule has 0 fully saturated rings. The summed E-state index contributed by atoms with van der Waals surface area (Å²) in [6.07, 6.45) is 8.20. The van der Waals surface area contributed by atoms with E-state index in [0.29, 0.717) is 0 Å². The Morgan fingerprint density at radius 3 is 2.88 bits per heavy atom. The molecule has 94 valence electrons. The van der Waals surface area contributed by atoms with E-state index in [4.69, 9.17) is 0 Å². The van der Waals surface area contributed by atoms with Crippen molar-refractivity contribution in [2.45, 2.75) is 26.3 Å². The summed E-state index contributed by atoms with van der Waals surface area (Å²) in [6.45, 7) is 4.16. The molecule has 0 radical (unpaired) electrons. The summed E-state index contributed by atoms with van der Waals surface area (Å²) in [6, 6.07) is 4.09. The quantitative estimate of drug-likeness (QED) is 0.595. The van der Waals surface area contributed by atoms with Crippen molar-refractivity contribution in [1.29, 1.82) is 0 Å². The van der Waals surface area contributed by atoms with Crippen LogP contribution in [0.15, 0.2) is 29.5 Å². The molecule has 0 unspecified atom stereocenters. The molecule has 0 aliphatic heterocycles. The minimum atomic E-state index is 0.890. The van der Waals surface area contributed by atoms with Gasteiger partial charge in [-0.3, -0.25) is 9.98 Å². The van der Waals surface area contributed by atoms with Crippen LogP contribution in [0.3, 0.4) is 0 Å². The summed E-state index contributed by atoms with van der Waals surface area (Å²) in [5.41, 5.74) is 1.24. The summed E-state index contributed by atoms with van der Waals surface area (Å²) < 4.78 is 0. The molecule has 0 N–H and O–H groups in total. The Balaban J connectivity index is 2.69. The highest BCUT2D eigenvalue weighted by Gasteiger charge is 2.09. The topological polar surface area (TPSA) is 28.5 Å². The number of unbranched alkanes of at least 4 members (excludes halogenated alkanes) is 1. The second-order valence-corrected chi connectivity index (χ2v) is 4.62. The van der Waals surface area contributed by atoms with Gasteiger partial charge in [-0.2, -0.15) is 0 Å². The van der Waals surface area contributed by atoms with E-state index < -0.39 is 0 Å². The van der Waals surface area contributed by atoms with Crippen molar-refractivity contribution in [3.63, 3.8) is 0 Å². The fourth-order valence-corrected chi connectivity index (χ4v) is 2.26. The van der Waals surface area contributed by atoms with Gasteiger partial charge in [0.25, 0.3) is 0 Å². The number of aliphatic imine (C=N–C) groups is 1. The number of pyridine rings is 1. The molecule has 0 saturated heterocycles. The van der Waals surface area contributed by atoms with E-state index in [2.05, 4.69) is 34.1 Å². The van der Waals surface area contributed by atoms with Crippen LogP contribution in [0, 0.1) is 0 Å². The minimum absolute atomic E-state index is 0.890. The average molecular weight is 251 g/mol. The van der Waals surface area contributed by atoms with Gasteiger partial charge in [-0.25, -0.2) is 0 Å². The third-order valence-electron chi connectivity index (χ3n) is 2.52. The van der Waals surface area contributed by atoms with Crippen LogP contribution < -0.4 is 0 Å². The average Bonchev–Trinajstić information content (AvgIpc) is 2.38. The summed E-state index contributed by atoms with van der Waals surface area (Å²) >= 11 is 1.70. The predicted molar refractivity (Wildman–Crippen MR) is 76.4 cm³/mol. The minimum Gasteiger partial charge on any atom is -0.347 e. The fourth-order valence-electron chi connectivity index (χ4n) is 1.67. The van der Waals surface area contributed by atoms with Crippen molar-refractivity contribution >= 4 is 16.9 Å². The van der Waals surface area contributed by atoms with Crippen LogP contribution in [0.2, 0.25) is 0 Å². The Morgan fingerprint density at radius 2 is 2.35 bits per heavy atom. The van der Waals surface area contributed by atoms with Crippen LogP contribution in [0.4, 0.5) is 0 Å². The van der Waals surface area contributed by atoms with Crippen LogP contribution in [0.25, 0.3) is 0 Å². The summed E-state index contributed by atoms with van der Waals surface area (Å²) in [5.74, 6) is 0. The van der Waals surface area contributed by atoms with Gasteiger partial charge in [-0.05, 0) is 24.3 Å². The molecule has 0 bridgehead atoms. The van der Waals surface area contributed by atoms with Gasteiger partial charge in [0.1, 0.15) is 0 Å². The maximum absolute atomic E-state index is 4.34. The molecule has 0 amide bonds. The molecule has 0 aromatic carbocycles. The van der Waals surface area contributed by atoms with E-state index in [0.717, 1.165) is 18.3 Å². The lowest BCUT2D eigenvalue weighted by Gasteiger charge is -2.24. The smallest absolute Gasteiger partial charge is 0.158 e. The Labute approximate surface area is 108 Å². The molecule has 0 atom stereocenters. The third-order valence-corrected chi connectivity index (χ3v) is 3.33. The Hall–Kier alpha value is -1.03. The van der Waals surface area contributed by atoms with Crippen molar-refractivity contribution in [2.24, 2.45) is 4.99 Å². The van der Waals surface area contributed by atoms with Gasteiger partial charge in [0.05, 0.1) is 0 Å². The molecule has 0 aliphatic rings. The molecule has 1 rings (SSSR count). The van der Waals surface area contributed by atoms with Gasteiger partial charge in [-0.15, -0.1) is 0 Å². The zero-order chi connectivity index (χ0) is 12.5. The zero-order valence-electron chi connectivity index (χ0n) is 10.9. The van der Waals surface area contributed by atoms with Crippen molar-refractivity contribution < 1.29 is 0 Å². The number of hydrogen-bond acceptors (Lipinski definition) is 3. The van der Waals surface area contributed by atoms with E-state index in [1.165, 1.54) is 18.4 Å². The predicted octanol–water partition coefficient (Wildman–Crippen LogP) is 3.03. The van der Waals surface area contributed by atoms with E-state index in [9.17, 15) is 0 Å². The van der Waals surface area contributed by atoms with Gasteiger partial charge in [0, 0.05) is 32.5 Å². The molecular weight excluding hydrogens is 230 g/mol. The highest BCUT2D eigenvalue weighted by atomic mass is 32.2. The molecule has 0 aliphatic carbocycles. The second kappa shape index (κ2) is 8.12. The number of aromatic nitrogens is 1. The largest absolute Gasteiger partial charge is 0.347 e. The molecule has 0 spiro atoms. The summed E-state index contributed by atoms with van der Waals surface area (Å²) in [4.78, 5) is 10.8. The number of hydrogen-bond donors (Lipinski definition) is 0. The zero-order valence-corrected chi connectivity index (χ0v) is 11.7. The first-order valence-electron chi connectivity index (χ1n) is 5.96.